The van der Waals surface area contributed by atoms with Gasteiger partial charge in [-0.15, -0.1) is 0 Å². The van der Waals surface area contributed by atoms with Gasteiger partial charge < -0.3 is 5.11 Å². The quantitative estimate of drug-likeness (QED) is 0.873. The molecule has 1 atom stereocenters. The Kier molecular flexibility index (Phi) is 4.97. The maximum atomic E-state index is 13.6. The van der Waals surface area contributed by atoms with E-state index in [1.165, 1.54) is 6.07 Å². The zero-order valence-corrected chi connectivity index (χ0v) is 12.5. The maximum Gasteiger partial charge on any atom is 0.127 e. The van der Waals surface area contributed by atoms with Gasteiger partial charge >= 0.3 is 0 Å². The number of halogens is 3. The average molecular weight is 344 g/mol. The van der Waals surface area contributed by atoms with Gasteiger partial charge in [-0.2, -0.15) is 0 Å². The van der Waals surface area contributed by atoms with Gasteiger partial charge in [0.25, 0.3) is 0 Å². The molecule has 0 saturated heterocycles. The van der Waals surface area contributed by atoms with Gasteiger partial charge in [0.15, 0.2) is 0 Å². The Hall–Kier alpha value is -0.900. The van der Waals surface area contributed by atoms with Gasteiger partial charge in [-0.3, -0.25) is 0 Å². The van der Waals surface area contributed by atoms with Gasteiger partial charge in [0.1, 0.15) is 5.82 Å². The van der Waals surface area contributed by atoms with E-state index in [9.17, 15) is 9.50 Å². The van der Waals surface area contributed by atoms with Crippen LogP contribution >= 0.6 is 27.5 Å². The van der Waals surface area contributed by atoms with Crippen molar-refractivity contribution in [2.45, 2.75) is 18.9 Å². The van der Waals surface area contributed by atoms with Gasteiger partial charge in [0.05, 0.1) is 6.10 Å². The summed E-state index contributed by atoms with van der Waals surface area (Å²) in [6.07, 6.45) is -0.0213. The topological polar surface area (TPSA) is 20.2 Å². The fourth-order valence-electron chi connectivity index (χ4n) is 1.95. The summed E-state index contributed by atoms with van der Waals surface area (Å²) in [4.78, 5) is 0. The first-order chi connectivity index (χ1) is 9.08. The first-order valence-electron chi connectivity index (χ1n) is 5.92. The Morgan fingerprint density at radius 1 is 1.11 bits per heavy atom. The Balaban J connectivity index is 2.10. The summed E-state index contributed by atoms with van der Waals surface area (Å²) in [6.45, 7) is 0. The molecule has 0 bridgehead atoms. The van der Waals surface area contributed by atoms with E-state index < -0.39 is 6.10 Å². The normalized spacial score (nSPS) is 12.4. The second-order valence-corrected chi connectivity index (χ2v) is 5.62. The molecule has 2 aromatic rings. The van der Waals surface area contributed by atoms with Crippen molar-refractivity contribution in [1.82, 2.24) is 0 Å². The van der Waals surface area contributed by atoms with Crippen molar-refractivity contribution in [1.29, 1.82) is 0 Å². The molecule has 0 spiro atoms. The van der Waals surface area contributed by atoms with Crippen LogP contribution in [0.1, 0.15) is 11.1 Å². The SMILES string of the molecule is OC(Cc1ccccc1Br)Cc1c(F)cccc1Cl. The van der Waals surface area contributed by atoms with Crippen molar-refractivity contribution >= 4 is 27.5 Å². The fourth-order valence-corrected chi connectivity index (χ4v) is 2.64. The minimum absolute atomic E-state index is 0.201. The zero-order chi connectivity index (χ0) is 13.8. The minimum atomic E-state index is -0.673. The molecule has 1 unspecified atom stereocenters. The Labute approximate surface area is 125 Å². The first-order valence-corrected chi connectivity index (χ1v) is 7.09. The van der Waals surface area contributed by atoms with E-state index in [-0.39, 0.29) is 12.2 Å². The molecule has 100 valence electrons. The summed E-state index contributed by atoms with van der Waals surface area (Å²) in [5.41, 5.74) is 1.35. The summed E-state index contributed by atoms with van der Waals surface area (Å²) in [7, 11) is 0. The molecule has 2 aromatic carbocycles. The zero-order valence-electron chi connectivity index (χ0n) is 10.1. The smallest absolute Gasteiger partial charge is 0.127 e. The maximum absolute atomic E-state index is 13.6. The van der Waals surface area contributed by atoms with Crippen LogP contribution in [-0.2, 0) is 12.8 Å². The lowest BCUT2D eigenvalue weighted by molar-refractivity contribution is 0.174. The van der Waals surface area contributed by atoms with Crippen molar-refractivity contribution in [3.8, 4) is 0 Å². The van der Waals surface area contributed by atoms with Crippen LogP contribution in [0.5, 0.6) is 0 Å². The Bertz CT molecular complexity index is 554. The lowest BCUT2D eigenvalue weighted by Crippen LogP contribution is -2.15. The summed E-state index contributed by atoms with van der Waals surface area (Å²) >= 11 is 9.38. The average Bonchev–Trinajstić information content (AvgIpc) is 2.37. The molecule has 0 heterocycles. The first kappa shape index (κ1) is 14.5. The largest absolute Gasteiger partial charge is 0.392 e. The third-order valence-corrected chi connectivity index (χ3v) is 4.04. The van der Waals surface area contributed by atoms with Crippen LogP contribution in [-0.4, -0.2) is 11.2 Å². The van der Waals surface area contributed by atoms with Crippen LogP contribution in [0.15, 0.2) is 46.9 Å². The number of benzene rings is 2. The van der Waals surface area contributed by atoms with E-state index in [0.29, 0.717) is 17.0 Å². The molecule has 0 radical (unpaired) electrons. The molecule has 0 amide bonds. The van der Waals surface area contributed by atoms with E-state index in [4.69, 9.17) is 11.6 Å². The summed E-state index contributed by atoms with van der Waals surface area (Å²) in [6, 6.07) is 12.2. The molecule has 1 N–H and O–H groups in total. The standard InChI is InChI=1S/C15H13BrClFO/c16-13-5-2-1-4-10(13)8-11(19)9-12-14(17)6-3-7-15(12)18/h1-7,11,19H,8-9H2. The minimum Gasteiger partial charge on any atom is -0.392 e. The monoisotopic (exact) mass is 342 g/mol. The predicted molar refractivity (Wildman–Crippen MR) is 79.0 cm³/mol. The highest BCUT2D eigenvalue weighted by molar-refractivity contribution is 9.10. The van der Waals surface area contributed by atoms with Gasteiger partial charge in [0, 0.05) is 21.5 Å². The van der Waals surface area contributed by atoms with Gasteiger partial charge in [-0.05, 0) is 30.2 Å². The van der Waals surface area contributed by atoms with E-state index in [1.54, 1.807) is 12.1 Å². The third kappa shape index (κ3) is 3.78. The summed E-state index contributed by atoms with van der Waals surface area (Å²) in [5, 5.41) is 10.4. The van der Waals surface area contributed by atoms with Crippen molar-refractivity contribution < 1.29 is 9.50 Å². The molecule has 0 aliphatic rings. The number of hydrogen-bond donors (Lipinski definition) is 1. The van der Waals surface area contributed by atoms with E-state index in [2.05, 4.69) is 15.9 Å². The molecule has 0 saturated carbocycles. The number of rotatable bonds is 4. The molecule has 0 fully saturated rings. The van der Waals surface area contributed by atoms with Gasteiger partial charge in [-0.25, -0.2) is 4.39 Å². The van der Waals surface area contributed by atoms with Crippen LogP contribution in [0.3, 0.4) is 0 Å². The van der Waals surface area contributed by atoms with Crippen LogP contribution in [0.25, 0.3) is 0 Å². The molecule has 2 rings (SSSR count). The molecule has 19 heavy (non-hydrogen) atoms. The summed E-state index contributed by atoms with van der Waals surface area (Å²) < 4.78 is 14.6. The Morgan fingerprint density at radius 3 is 2.53 bits per heavy atom. The Morgan fingerprint density at radius 2 is 1.84 bits per heavy atom. The van der Waals surface area contributed by atoms with Crippen LogP contribution in [0, 0.1) is 5.82 Å². The number of aliphatic hydroxyl groups is 1. The molecule has 0 aliphatic carbocycles. The number of aliphatic hydroxyl groups excluding tert-OH is 1. The lowest BCUT2D eigenvalue weighted by atomic mass is 10.0. The highest BCUT2D eigenvalue weighted by atomic mass is 79.9. The summed E-state index contributed by atoms with van der Waals surface area (Å²) in [5.74, 6) is -0.376. The van der Waals surface area contributed by atoms with Crippen LogP contribution in [0.4, 0.5) is 4.39 Å². The molecule has 1 nitrogen and oxygen atoms in total. The highest BCUT2D eigenvalue weighted by Crippen LogP contribution is 2.23. The van der Waals surface area contributed by atoms with E-state index in [1.807, 2.05) is 24.3 Å². The van der Waals surface area contributed by atoms with Gasteiger partial charge in [0.2, 0.25) is 0 Å². The second-order valence-electron chi connectivity index (χ2n) is 4.35. The van der Waals surface area contributed by atoms with Crippen molar-refractivity contribution in [3.63, 3.8) is 0 Å². The molecule has 0 aromatic heterocycles. The van der Waals surface area contributed by atoms with Crippen molar-refractivity contribution in [2.75, 3.05) is 0 Å². The van der Waals surface area contributed by atoms with Gasteiger partial charge in [-0.1, -0.05) is 51.8 Å². The molecule has 4 heteroatoms. The second kappa shape index (κ2) is 6.51. The van der Waals surface area contributed by atoms with Crippen molar-refractivity contribution in [2.24, 2.45) is 0 Å². The predicted octanol–water partition coefficient (Wildman–Crippen LogP) is 4.39. The highest BCUT2D eigenvalue weighted by Gasteiger charge is 2.14. The van der Waals surface area contributed by atoms with Crippen LogP contribution in [0.2, 0.25) is 5.02 Å². The molecular weight excluding hydrogens is 331 g/mol. The van der Waals surface area contributed by atoms with Crippen molar-refractivity contribution in [3.05, 3.63) is 68.9 Å². The van der Waals surface area contributed by atoms with Crippen LogP contribution < -0.4 is 0 Å². The molecular formula is C15H13BrClFO. The fraction of sp³-hybridized carbons (Fsp3) is 0.200. The van der Waals surface area contributed by atoms with E-state index in [0.717, 1.165) is 10.0 Å². The van der Waals surface area contributed by atoms with E-state index >= 15 is 0 Å². The third-order valence-electron chi connectivity index (χ3n) is 2.91. The molecule has 0 aliphatic heterocycles. The lowest BCUT2D eigenvalue weighted by Gasteiger charge is -2.13. The number of hydrogen-bond acceptors (Lipinski definition) is 1.